The van der Waals surface area contributed by atoms with Crippen molar-refractivity contribution >= 4 is 241 Å². The largest absolute Gasteiger partial charge is 0.456 e. The van der Waals surface area contributed by atoms with E-state index in [-0.39, 0.29) is 21.7 Å². The van der Waals surface area contributed by atoms with Crippen LogP contribution in [0.1, 0.15) is 105 Å². The highest BCUT2D eigenvalue weighted by atomic mass is 16.3. The molecule has 22 aromatic carbocycles. The van der Waals surface area contributed by atoms with Crippen molar-refractivity contribution in [1.29, 1.82) is 0 Å². The van der Waals surface area contributed by atoms with Gasteiger partial charge in [-0.25, -0.2) is 0 Å². The number of hydrogen-bond acceptors (Lipinski definition) is 4. The molecule has 0 aliphatic rings. The summed E-state index contributed by atoms with van der Waals surface area (Å²) in [7, 11) is 0. The van der Waals surface area contributed by atoms with Crippen LogP contribution in [-0.4, -0.2) is 17.9 Å². The predicted molar refractivity (Wildman–Crippen MR) is 630 cm³/mol. The zero-order valence-electron chi connectivity index (χ0n) is 84.9. The molecule has 8 nitrogen and oxygen atoms in total. The Hall–Kier alpha value is -17.7. The summed E-state index contributed by atoms with van der Waals surface area (Å²) in [4.78, 5) is 4.85. The number of furan rings is 2. The minimum atomic E-state index is 0.0431. The summed E-state index contributed by atoms with van der Waals surface area (Å²) in [5, 5.41) is 29.4. The zero-order chi connectivity index (χ0) is 99.6. The fourth-order valence-corrected chi connectivity index (χ4v) is 24.6. The lowest BCUT2D eigenvalue weighted by Gasteiger charge is -2.28. The van der Waals surface area contributed by atoms with Crippen LogP contribution in [0.2, 0.25) is 0 Å². The van der Waals surface area contributed by atoms with Crippen molar-refractivity contribution in [3.8, 4) is 33.6 Å². The van der Waals surface area contributed by atoms with E-state index >= 15 is 0 Å². The molecule has 708 valence electrons. The Kier molecular flexibility index (Phi) is 18.7. The molecule has 0 aliphatic heterocycles. The number of para-hydroxylation sites is 6. The number of benzene rings is 22. The third-order valence-corrected chi connectivity index (χ3v) is 32.1. The Morgan fingerprint density at radius 1 is 0.176 bits per heavy atom. The molecular formula is C140H106N6O2. The maximum absolute atomic E-state index is 6.21. The summed E-state index contributed by atoms with van der Waals surface area (Å²) >= 11 is 0. The van der Waals surface area contributed by atoms with Gasteiger partial charge in [-0.05, 0) is 328 Å². The number of hydrogen-bond donors (Lipinski definition) is 0. The molecule has 0 aliphatic carbocycles. The predicted octanol–water partition coefficient (Wildman–Crippen LogP) is 39.7. The van der Waals surface area contributed by atoms with Gasteiger partial charge in [0.2, 0.25) is 0 Å². The Balaban J connectivity index is 0.000000142. The van der Waals surface area contributed by atoms with Gasteiger partial charge in [-0.2, -0.15) is 0 Å². The topological polar surface area (TPSA) is 51.4 Å². The summed E-state index contributed by atoms with van der Waals surface area (Å²) in [6, 6.07) is 159. The van der Waals surface area contributed by atoms with Gasteiger partial charge in [0.15, 0.2) is 0 Å². The molecule has 0 atom stereocenters. The normalized spacial score (nSPS) is 12.7. The van der Waals surface area contributed by atoms with Gasteiger partial charge in [-0.1, -0.05) is 289 Å². The summed E-state index contributed by atoms with van der Waals surface area (Å²) in [5.74, 6) is 0. The number of rotatable bonds is 10. The second kappa shape index (κ2) is 31.9. The summed E-state index contributed by atoms with van der Waals surface area (Å²) in [6.45, 7) is 27.4. The van der Waals surface area contributed by atoms with Crippen LogP contribution in [0.5, 0.6) is 0 Å². The van der Waals surface area contributed by atoms with Gasteiger partial charge < -0.3 is 36.6 Å². The Bertz CT molecular complexity index is 10600. The molecule has 0 spiro atoms. The molecule has 0 radical (unpaired) electrons. The van der Waals surface area contributed by atoms with Gasteiger partial charge in [0.25, 0.3) is 0 Å². The SMILES string of the molecule is CC(C)(C)c1ccc(N(c2ccc(C(C)(C)C)cc2)c2ccc3cc4c5cc6c(c7ccccc7n6-c6ccccc6)c6c7cc8ccc(N(c9ccc(C(C)(C)C)cc9)c9ccc(C(C)(C)C)cc9)cc8cc7n(c4cc3c2)c56)cc1.c1ccc(-n2c3ccccc3c3c4c5cc6ccc(-c7ccc8oc9ccccc9c8c7)cc6cc5n5c6cc7cc(-c8ccc9oc%10ccccc%10c9c8)ccc7cc6c(cc32)c45)cc1. The van der Waals surface area contributed by atoms with Crippen molar-refractivity contribution in [3.63, 3.8) is 0 Å². The maximum atomic E-state index is 6.21. The molecule has 0 saturated heterocycles. The van der Waals surface area contributed by atoms with Crippen molar-refractivity contribution in [1.82, 2.24) is 17.9 Å². The third-order valence-electron chi connectivity index (χ3n) is 32.1. The molecule has 8 aromatic heterocycles. The van der Waals surface area contributed by atoms with E-state index < -0.39 is 0 Å². The van der Waals surface area contributed by atoms with Crippen molar-refractivity contribution in [2.24, 2.45) is 0 Å². The van der Waals surface area contributed by atoms with Crippen LogP contribution in [0.3, 0.4) is 0 Å². The fourth-order valence-electron chi connectivity index (χ4n) is 24.6. The van der Waals surface area contributed by atoms with Gasteiger partial charge in [0.05, 0.1) is 55.2 Å². The molecule has 0 fully saturated rings. The Morgan fingerprint density at radius 2 is 0.459 bits per heavy atom. The van der Waals surface area contributed by atoms with E-state index in [2.05, 4.69) is 511 Å². The molecular weight excluding hydrogens is 1800 g/mol. The van der Waals surface area contributed by atoms with Gasteiger partial charge in [0.1, 0.15) is 22.3 Å². The smallest absolute Gasteiger partial charge is 0.135 e. The summed E-state index contributed by atoms with van der Waals surface area (Å²) < 4.78 is 22.5. The van der Waals surface area contributed by atoms with E-state index in [4.69, 9.17) is 8.83 Å². The van der Waals surface area contributed by atoms with Crippen LogP contribution in [0.25, 0.3) is 240 Å². The minimum Gasteiger partial charge on any atom is -0.456 e. The second-order valence-electron chi connectivity index (χ2n) is 45.3. The van der Waals surface area contributed by atoms with E-state index in [1.54, 1.807) is 0 Å². The number of nitrogens with zero attached hydrogens (tertiary/aromatic N) is 6. The highest BCUT2D eigenvalue weighted by molar-refractivity contribution is 6.39. The minimum absolute atomic E-state index is 0.0431. The molecule has 0 N–H and O–H groups in total. The quantitative estimate of drug-likeness (QED) is 0.137. The van der Waals surface area contributed by atoms with Crippen molar-refractivity contribution < 1.29 is 8.83 Å². The fraction of sp³-hybridized carbons (Fsp3) is 0.114. The molecule has 30 aromatic rings. The van der Waals surface area contributed by atoms with Crippen LogP contribution < -0.4 is 9.80 Å². The number of aromatic nitrogens is 4. The Morgan fingerprint density at radius 3 is 0.818 bits per heavy atom. The molecule has 30 rings (SSSR count). The standard InChI is InChI=1S/C78H72N4.C62H34N2O2/c1-75(2,3)53-24-34-58(35-25-53)79(59-36-26-54(27-37-59)76(4,5)6)62-32-22-49-44-65-66-48-71-72(64-20-16-17-21-68(64)81(71)57-18-14-13-15-19-57)73-67-45-50-23-33-63(43-52(50)47-70(67)82(74(66)73)69(65)46-51(49)42-62)80(60-38-28-55(29-39-60)77(7,8)9)61-40-30-56(31-41-61)78(10,11)12;1-2-10-43(11-3-1)63-52-15-7-4-14-46(52)60-55(63)34-50-47-28-39-20-18-35(37-22-24-58-48(29-37)44-12-5-8-16-56(44)65-58)26-41(39)32-53(47)64-54-33-42-27-36(19-21-40(42)31-51(54)61(60)62(50)64)38-23-25-59-49(30-38)45-13-6-9-17-57(45)66-59/h13-48H,1-12H3;1-34H. The molecule has 8 heterocycles. The number of anilines is 6. The lowest BCUT2D eigenvalue weighted by molar-refractivity contribution is 0.590. The van der Waals surface area contributed by atoms with Gasteiger partial charge in [0, 0.05) is 132 Å². The van der Waals surface area contributed by atoms with Crippen molar-refractivity contribution in [2.45, 2.75) is 105 Å². The van der Waals surface area contributed by atoms with Crippen molar-refractivity contribution in [3.05, 3.63) is 447 Å². The zero-order valence-corrected chi connectivity index (χ0v) is 84.9. The first kappa shape index (κ1) is 86.9. The highest BCUT2D eigenvalue weighted by Crippen LogP contribution is 2.54. The Labute approximate surface area is 856 Å². The first-order valence-electron chi connectivity index (χ1n) is 52.0. The van der Waals surface area contributed by atoms with Crippen LogP contribution in [0.15, 0.2) is 433 Å². The highest BCUT2D eigenvalue weighted by Gasteiger charge is 2.32. The van der Waals surface area contributed by atoms with E-state index in [0.717, 1.165) is 89.4 Å². The monoisotopic (exact) mass is 1900 g/mol. The van der Waals surface area contributed by atoms with E-state index in [1.807, 2.05) is 24.3 Å². The van der Waals surface area contributed by atoms with Gasteiger partial charge in [-0.15, -0.1) is 0 Å². The molecule has 148 heavy (non-hydrogen) atoms. The molecule has 0 unspecified atom stereocenters. The average Bonchev–Trinajstić information content (AvgIpc) is 1.51. The van der Waals surface area contributed by atoms with Crippen molar-refractivity contribution in [2.75, 3.05) is 9.80 Å². The second-order valence-corrected chi connectivity index (χ2v) is 45.3. The summed E-state index contributed by atoms with van der Waals surface area (Å²) in [5.41, 5.74) is 35.1. The lowest BCUT2D eigenvalue weighted by atomic mass is 9.86. The lowest BCUT2D eigenvalue weighted by Crippen LogP contribution is -2.14. The van der Waals surface area contributed by atoms with Gasteiger partial charge in [-0.3, -0.25) is 0 Å². The maximum Gasteiger partial charge on any atom is 0.135 e. The third kappa shape index (κ3) is 13.5. The molecule has 0 saturated carbocycles. The van der Waals surface area contributed by atoms with Crippen LogP contribution in [0, 0.1) is 0 Å². The van der Waals surface area contributed by atoms with Crippen LogP contribution in [0.4, 0.5) is 34.1 Å². The molecule has 0 bridgehead atoms. The van der Waals surface area contributed by atoms with Gasteiger partial charge >= 0.3 is 0 Å². The molecule has 8 heteroatoms. The van der Waals surface area contributed by atoms with Crippen LogP contribution >= 0.6 is 0 Å². The van der Waals surface area contributed by atoms with E-state index in [1.165, 1.54) is 207 Å². The summed E-state index contributed by atoms with van der Waals surface area (Å²) in [6.07, 6.45) is 0. The number of fused-ring (bicyclic) bond motifs is 30. The van der Waals surface area contributed by atoms with E-state index in [0.29, 0.717) is 0 Å². The van der Waals surface area contributed by atoms with Crippen LogP contribution in [-0.2, 0) is 21.7 Å². The molecule has 0 amide bonds. The average molecular weight is 1900 g/mol. The first-order chi connectivity index (χ1) is 71.8. The first-order valence-corrected chi connectivity index (χ1v) is 52.0. The van der Waals surface area contributed by atoms with E-state index in [9.17, 15) is 0 Å².